The van der Waals surface area contributed by atoms with Crippen molar-refractivity contribution in [3.63, 3.8) is 0 Å². The van der Waals surface area contributed by atoms with Gasteiger partial charge in [0.05, 0.1) is 16.2 Å². The number of halogens is 3. The van der Waals surface area contributed by atoms with E-state index >= 15 is 0 Å². The molecule has 2 N–H and O–H groups in total. The molecule has 3 aromatic rings. The number of benzene rings is 3. The van der Waals surface area contributed by atoms with E-state index in [9.17, 15) is 28.1 Å². The van der Waals surface area contributed by atoms with Gasteiger partial charge in [-0.2, -0.15) is 13.2 Å². The Kier molecular flexibility index (Phi) is 6.26. The Morgan fingerprint density at radius 2 is 1.63 bits per heavy atom. The lowest BCUT2D eigenvalue weighted by atomic mass is 10.2. The number of nitrogens with one attached hydrogen (secondary N) is 2. The topological polar surface area (TPSA) is 84.3 Å². The minimum absolute atomic E-state index is 0.00262. The molecule has 0 aliphatic carbocycles. The van der Waals surface area contributed by atoms with Gasteiger partial charge in [0.15, 0.2) is 0 Å². The van der Waals surface area contributed by atoms with E-state index in [-0.39, 0.29) is 11.4 Å². The Hall–Kier alpha value is -3.53. The molecule has 0 unspecified atom stereocenters. The molecule has 0 aliphatic rings. The van der Waals surface area contributed by atoms with Gasteiger partial charge >= 0.3 is 12.2 Å². The van der Waals surface area contributed by atoms with Crippen molar-refractivity contribution in [1.82, 2.24) is 0 Å². The van der Waals surface area contributed by atoms with E-state index in [1.54, 1.807) is 36.4 Å². The van der Waals surface area contributed by atoms with Gasteiger partial charge in [0.25, 0.3) is 5.69 Å². The highest BCUT2D eigenvalue weighted by Gasteiger charge is 2.30. The SMILES string of the molecule is O=C(Nc1cccc(C(F)(F)F)c1)Nc1ccccc1Sc1ccc([N+](=O)[O-])cc1. The highest BCUT2D eigenvalue weighted by atomic mass is 32.2. The number of carbonyl (C=O) groups is 1. The van der Waals surface area contributed by atoms with Crippen LogP contribution in [0.4, 0.5) is 35.0 Å². The summed E-state index contributed by atoms with van der Waals surface area (Å²) in [7, 11) is 0. The summed E-state index contributed by atoms with van der Waals surface area (Å²) in [5, 5.41) is 15.7. The van der Waals surface area contributed by atoms with Gasteiger partial charge in [-0.15, -0.1) is 0 Å². The number of nitro groups is 1. The molecular weight excluding hydrogens is 419 g/mol. The number of para-hydroxylation sites is 1. The first-order valence-electron chi connectivity index (χ1n) is 8.49. The van der Waals surface area contributed by atoms with E-state index in [4.69, 9.17) is 0 Å². The monoisotopic (exact) mass is 433 g/mol. The van der Waals surface area contributed by atoms with Crippen molar-refractivity contribution in [2.75, 3.05) is 10.6 Å². The summed E-state index contributed by atoms with van der Waals surface area (Å²) in [5.41, 5.74) is -0.464. The largest absolute Gasteiger partial charge is 0.416 e. The number of non-ortho nitro benzene ring substituents is 1. The van der Waals surface area contributed by atoms with Crippen LogP contribution in [-0.2, 0) is 6.18 Å². The molecule has 0 saturated heterocycles. The Morgan fingerprint density at radius 1 is 0.933 bits per heavy atom. The molecule has 0 saturated carbocycles. The maximum atomic E-state index is 12.8. The molecule has 3 aromatic carbocycles. The van der Waals surface area contributed by atoms with Crippen molar-refractivity contribution in [1.29, 1.82) is 0 Å². The van der Waals surface area contributed by atoms with Gasteiger partial charge in [0.1, 0.15) is 0 Å². The van der Waals surface area contributed by atoms with Gasteiger partial charge in [0.2, 0.25) is 0 Å². The normalized spacial score (nSPS) is 11.0. The minimum Gasteiger partial charge on any atom is -0.308 e. The zero-order valence-corrected chi connectivity index (χ0v) is 16.0. The second-order valence-corrected chi connectivity index (χ2v) is 7.12. The average molecular weight is 433 g/mol. The molecular formula is C20H14F3N3O3S. The maximum absolute atomic E-state index is 12.8. The molecule has 154 valence electrons. The summed E-state index contributed by atoms with van der Waals surface area (Å²) >= 11 is 1.27. The lowest BCUT2D eigenvalue weighted by molar-refractivity contribution is -0.384. The summed E-state index contributed by atoms with van der Waals surface area (Å²) in [6.45, 7) is 0. The molecule has 0 radical (unpaired) electrons. The minimum atomic E-state index is -4.51. The number of nitrogens with zero attached hydrogens (tertiary/aromatic N) is 1. The fourth-order valence-corrected chi connectivity index (χ4v) is 3.38. The lowest BCUT2D eigenvalue weighted by Crippen LogP contribution is -2.20. The number of alkyl halides is 3. The van der Waals surface area contributed by atoms with Crippen LogP contribution in [0.5, 0.6) is 0 Å². The number of hydrogen-bond acceptors (Lipinski definition) is 4. The Bertz CT molecular complexity index is 1070. The number of carbonyl (C=O) groups excluding carboxylic acids is 1. The molecule has 2 amide bonds. The van der Waals surface area contributed by atoms with Gasteiger partial charge in [0, 0.05) is 27.6 Å². The smallest absolute Gasteiger partial charge is 0.308 e. The number of hydrogen-bond donors (Lipinski definition) is 2. The van der Waals surface area contributed by atoms with E-state index in [1.165, 1.54) is 36.0 Å². The van der Waals surface area contributed by atoms with E-state index in [1.807, 2.05) is 0 Å². The van der Waals surface area contributed by atoms with Crippen LogP contribution in [0.2, 0.25) is 0 Å². The summed E-state index contributed by atoms with van der Waals surface area (Å²) in [6, 6.07) is 16.4. The summed E-state index contributed by atoms with van der Waals surface area (Å²) in [5.74, 6) is 0. The van der Waals surface area contributed by atoms with Crippen LogP contribution < -0.4 is 10.6 Å². The number of urea groups is 1. The molecule has 3 rings (SSSR count). The van der Waals surface area contributed by atoms with E-state index in [0.29, 0.717) is 15.5 Å². The van der Waals surface area contributed by atoms with Crippen LogP contribution in [0.1, 0.15) is 5.56 Å². The number of nitro benzene ring substituents is 1. The Balaban J connectivity index is 1.71. The molecule has 10 heteroatoms. The summed E-state index contributed by atoms with van der Waals surface area (Å²) < 4.78 is 38.4. The summed E-state index contributed by atoms with van der Waals surface area (Å²) in [4.78, 5) is 23.9. The zero-order chi connectivity index (χ0) is 21.7. The standard InChI is InChI=1S/C20H14F3N3O3S/c21-20(22,23)13-4-3-5-14(12-13)24-19(27)25-17-6-1-2-7-18(17)30-16-10-8-15(9-11-16)26(28)29/h1-12H,(H2,24,25,27). The first kappa shape index (κ1) is 21.2. The molecule has 0 atom stereocenters. The molecule has 0 spiro atoms. The molecule has 6 nitrogen and oxygen atoms in total. The molecule has 0 aromatic heterocycles. The number of amides is 2. The van der Waals surface area contributed by atoms with Crippen LogP contribution in [0.3, 0.4) is 0 Å². The zero-order valence-electron chi connectivity index (χ0n) is 15.1. The van der Waals surface area contributed by atoms with Crippen LogP contribution >= 0.6 is 11.8 Å². The van der Waals surface area contributed by atoms with E-state index in [2.05, 4.69) is 10.6 Å². The van der Waals surface area contributed by atoms with Gasteiger partial charge < -0.3 is 10.6 Å². The fraction of sp³-hybridized carbons (Fsp3) is 0.0500. The van der Waals surface area contributed by atoms with Crippen molar-refractivity contribution in [2.24, 2.45) is 0 Å². The second-order valence-electron chi connectivity index (χ2n) is 6.01. The number of rotatable bonds is 5. The quantitative estimate of drug-likeness (QED) is 0.360. The number of anilines is 2. The van der Waals surface area contributed by atoms with Crippen molar-refractivity contribution in [3.8, 4) is 0 Å². The van der Waals surface area contributed by atoms with Crippen LogP contribution in [0.25, 0.3) is 0 Å². The highest BCUT2D eigenvalue weighted by molar-refractivity contribution is 7.99. The van der Waals surface area contributed by atoms with Crippen molar-refractivity contribution in [3.05, 3.63) is 88.5 Å². The predicted molar refractivity (Wildman–Crippen MR) is 108 cm³/mol. The molecule has 30 heavy (non-hydrogen) atoms. The third-order valence-corrected chi connectivity index (χ3v) is 4.94. The third kappa shape index (κ3) is 5.51. The first-order valence-corrected chi connectivity index (χ1v) is 9.30. The van der Waals surface area contributed by atoms with Crippen LogP contribution in [-0.4, -0.2) is 11.0 Å². The Labute approximate surface area is 173 Å². The predicted octanol–water partition coefficient (Wildman–Crippen LogP) is 6.41. The van der Waals surface area contributed by atoms with Gasteiger partial charge in [-0.3, -0.25) is 10.1 Å². The second kappa shape index (κ2) is 8.87. The fourth-order valence-electron chi connectivity index (χ4n) is 2.48. The first-order chi connectivity index (χ1) is 14.2. The average Bonchev–Trinajstić information content (AvgIpc) is 2.69. The van der Waals surface area contributed by atoms with E-state index in [0.717, 1.165) is 12.1 Å². The van der Waals surface area contributed by atoms with Crippen molar-refractivity contribution < 1.29 is 22.9 Å². The van der Waals surface area contributed by atoms with Gasteiger partial charge in [-0.25, -0.2) is 4.79 Å². The van der Waals surface area contributed by atoms with Crippen LogP contribution in [0.15, 0.2) is 82.6 Å². The maximum Gasteiger partial charge on any atom is 0.416 e. The highest BCUT2D eigenvalue weighted by Crippen LogP contribution is 2.34. The summed E-state index contributed by atoms with van der Waals surface area (Å²) in [6.07, 6.45) is -4.51. The van der Waals surface area contributed by atoms with Crippen LogP contribution in [0, 0.1) is 10.1 Å². The lowest BCUT2D eigenvalue weighted by Gasteiger charge is -2.13. The van der Waals surface area contributed by atoms with Gasteiger partial charge in [-0.05, 0) is 42.5 Å². The molecule has 0 heterocycles. The van der Waals surface area contributed by atoms with Crippen molar-refractivity contribution in [2.45, 2.75) is 16.0 Å². The molecule has 0 fully saturated rings. The Morgan fingerprint density at radius 3 is 2.30 bits per heavy atom. The van der Waals surface area contributed by atoms with Crippen molar-refractivity contribution >= 4 is 34.9 Å². The van der Waals surface area contributed by atoms with Gasteiger partial charge in [-0.1, -0.05) is 30.0 Å². The molecule has 0 bridgehead atoms. The third-order valence-electron chi connectivity index (χ3n) is 3.86. The molecule has 0 aliphatic heterocycles. The van der Waals surface area contributed by atoms with E-state index < -0.39 is 22.7 Å².